The molecule has 19 heavy (non-hydrogen) atoms. The molecule has 98 valence electrons. The summed E-state index contributed by atoms with van der Waals surface area (Å²) in [6.07, 6.45) is 0. The van der Waals surface area contributed by atoms with Gasteiger partial charge in [0, 0.05) is 16.9 Å². The molecule has 0 heterocycles. The maximum atomic E-state index is 13.1. The summed E-state index contributed by atoms with van der Waals surface area (Å²) in [6.45, 7) is 3.72. The summed E-state index contributed by atoms with van der Waals surface area (Å²) in [4.78, 5) is 12.1. The van der Waals surface area contributed by atoms with E-state index in [1.165, 1.54) is 18.2 Å². The van der Waals surface area contributed by atoms with Crippen LogP contribution in [0.2, 0.25) is 0 Å². The van der Waals surface area contributed by atoms with E-state index >= 15 is 0 Å². The van der Waals surface area contributed by atoms with Crippen LogP contribution in [0.15, 0.2) is 36.4 Å². The number of nitrogen functional groups attached to an aromatic ring is 1. The number of hydrogen-bond acceptors (Lipinski definition) is 2. The number of benzene rings is 2. The van der Waals surface area contributed by atoms with E-state index < -0.39 is 5.82 Å². The number of carbonyl (C=O) groups excluding carboxylic acids is 1. The number of halogens is 1. The molecule has 1 amide bonds. The number of hydrogen-bond donors (Lipinski definition) is 2. The maximum absolute atomic E-state index is 13.1. The van der Waals surface area contributed by atoms with Crippen molar-refractivity contribution in [1.82, 2.24) is 0 Å². The lowest BCUT2D eigenvalue weighted by Gasteiger charge is -2.13. The fraction of sp³-hybridized carbons (Fsp3) is 0.133. The van der Waals surface area contributed by atoms with Crippen molar-refractivity contribution in [1.29, 1.82) is 0 Å². The first-order valence-electron chi connectivity index (χ1n) is 5.91. The van der Waals surface area contributed by atoms with Gasteiger partial charge in [-0.2, -0.15) is 0 Å². The van der Waals surface area contributed by atoms with Gasteiger partial charge < -0.3 is 11.1 Å². The predicted octanol–water partition coefficient (Wildman–Crippen LogP) is 3.28. The first-order valence-corrected chi connectivity index (χ1v) is 5.91. The highest BCUT2D eigenvalue weighted by Gasteiger charge is 2.11. The normalized spacial score (nSPS) is 10.3. The summed E-state index contributed by atoms with van der Waals surface area (Å²) >= 11 is 0. The van der Waals surface area contributed by atoms with Crippen LogP contribution in [0.25, 0.3) is 0 Å². The topological polar surface area (TPSA) is 55.1 Å². The summed E-state index contributed by atoms with van der Waals surface area (Å²) in [5.74, 6) is -0.787. The number of aryl methyl sites for hydroxylation is 1. The zero-order valence-electron chi connectivity index (χ0n) is 10.8. The molecule has 0 aliphatic rings. The number of nitrogens with one attached hydrogen (secondary N) is 1. The molecule has 0 unspecified atom stereocenters. The van der Waals surface area contributed by atoms with Crippen molar-refractivity contribution in [3.8, 4) is 0 Å². The summed E-state index contributed by atoms with van der Waals surface area (Å²) in [5.41, 5.74) is 9.11. The molecule has 0 spiro atoms. The third kappa shape index (κ3) is 2.73. The van der Waals surface area contributed by atoms with E-state index in [9.17, 15) is 9.18 Å². The highest BCUT2D eigenvalue weighted by Crippen LogP contribution is 2.25. The molecule has 0 radical (unpaired) electrons. The van der Waals surface area contributed by atoms with E-state index in [1.807, 2.05) is 19.9 Å². The van der Waals surface area contributed by atoms with Gasteiger partial charge in [0.25, 0.3) is 5.91 Å². The van der Waals surface area contributed by atoms with Crippen molar-refractivity contribution >= 4 is 17.3 Å². The molecule has 3 N–H and O–H groups in total. The minimum Gasteiger partial charge on any atom is -0.398 e. The van der Waals surface area contributed by atoms with Crippen LogP contribution in [0.3, 0.4) is 0 Å². The zero-order valence-corrected chi connectivity index (χ0v) is 10.8. The van der Waals surface area contributed by atoms with Crippen molar-refractivity contribution in [2.45, 2.75) is 13.8 Å². The lowest BCUT2D eigenvalue weighted by atomic mass is 10.1. The Balaban J connectivity index is 2.32. The standard InChI is InChI=1S/C15H15FN2O/c1-9-6-7-13(17)10(2)14(9)18-15(19)11-4-3-5-12(16)8-11/h3-8H,17H2,1-2H3,(H,18,19). The maximum Gasteiger partial charge on any atom is 0.255 e. The van der Waals surface area contributed by atoms with E-state index in [-0.39, 0.29) is 11.5 Å². The Bertz CT molecular complexity index is 638. The van der Waals surface area contributed by atoms with Crippen molar-refractivity contribution in [3.05, 3.63) is 58.9 Å². The number of amides is 1. The molecular formula is C15H15FN2O. The van der Waals surface area contributed by atoms with Gasteiger partial charge in [0.1, 0.15) is 5.82 Å². The Labute approximate surface area is 111 Å². The van der Waals surface area contributed by atoms with Crippen LogP contribution in [0.5, 0.6) is 0 Å². The van der Waals surface area contributed by atoms with Crippen LogP contribution >= 0.6 is 0 Å². The van der Waals surface area contributed by atoms with Crippen molar-refractivity contribution in [2.75, 3.05) is 11.1 Å². The van der Waals surface area contributed by atoms with Gasteiger partial charge in [-0.25, -0.2) is 4.39 Å². The Morgan fingerprint density at radius 1 is 1.21 bits per heavy atom. The second kappa shape index (κ2) is 5.10. The largest absolute Gasteiger partial charge is 0.398 e. The van der Waals surface area contributed by atoms with E-state index in [0.717, 1.165) is 11.1 Å². The second-order valence-corrected chi connectivity index (χ2v) is 4.44. The lowest BCUT2D eigenvalue weighted by Crippen LogP contribution is -2.14. The Morgan fingerprint density at radius 3 is 2.63 bits per heavy atom. The van der Waals surface area contributed by atoms with Gasteiger partial charge >= 0.3 is 0 Å². The third-order valence-corrected chi connectivity index (χ3v) is 3.04. The minimum atomic E-state index is -0.436. The van der Waals surface area contributed by atoms with E-state index in [2.05, 4.69) is 5.32 Å². The number of nitrogens with two attached hydrogens (primary N) is 1. The first-order chi connectivity index (χ1) is 8.99. The van der Waals surface area contributed by atoms with E-state index in [1.54, 1.807) is 12.1 Å². The molecule has 0 aromatic heterocycles. The van der Waals surface area contributed by atoms with Gasteiger partial charge in [0.2, 0.25) is 0 Å². The number of anilines is 2. The highest BCUT2D eigenvalue weighted by atomic mass is 19.1. The SMILES string of the molecule is Cc1ccc(N)c(C)c1NC(=O)c1cccc(F)c1. The second-order valence-electron chi connectivity index (χ2n) is 4.44. The lowest BCUT2D eigenvalue weighted by molar-refractivity contribution is 0.102. The van der Waals surface area contributed by atoms with Gasteiger partial charge in [-0.1, -0.05) is 12.1 Å². The van der Waals surface area contributed by atoms with Gasteiger partial charge in [0.15, 0.2) is 0 Å². The van der Waals surface area contributed by atoms with Crippen LogP contribution in [-0.2, 0) is 0 Å². The summed E-state index contributed by atoms with van der Waals surface area (Å²) in [6, 6.07) is 9.20. The molecule has 0 saturated heterocycles. The highest BCUT2D eigenvalue weighted by molar-refractivity contribution is 6.05. The molecule has 3 nitrogen and oxygen atoms in total. The molecular weight excluding hydrogens is 243 g/mol. The summed E-state index contributed by atoms with van der Waals surface area (Å²) in [5, 5.41) is 2.78. The smallest absolute Gasteiger partial charge is 0.255 e. The van der Waals surface area contributed by atoms with Gasteiger partial charge in [-0.3, -0.25) is 4.79 Å². The van der Waals surface area contributed by atoms with Crippen LogP contribution in [0, 0.1) is 19.7 Å². The van der Waals surface area contributed by atoms with Crippen LogP contribution in [0.1, 0.15) is 21.5 Å². The molecule has 4 heteroatoms. The van der Waals surface area contributed by atoms with Gasteiger partial charge in [-0.05, 0) is 49.2 Å². The average Bonchev–Trinajstić information content (AvgIpc) is 2.39. The fourth-order valence-corrected chi connectivity index (χ4v) is 1.87. The Kier molecular flexibility index (Phi) is 3.51. The zero-order chi connectivity index (χ0) is 14.0. The monoisotopic (exact) mass is 258 g/mol. The molecule has 0 fully saturated rings. The average molecular weight is 258 g/mol. The molecule has 0 saturated carbocycles. The Morgan fingerprint density at radius 2 is 1.95 bits per heavy atom. The summed E-state index contributed by atoms with van der Waals surface area (Å²) < 4.78 is 13.1. The van der Waals surface area contributed by atoms with Crippen LogP contribution in [-0.4, -0.2) is 5.91 Å². The molecule has 2 rings (SSSR count). The molecule has 2 aromatic carbocycles. The van der Waals surface area contributed by atoms with E-state index in [4.69, 9.17) is 5.73 Å². The van der Waals surface area contributed by atoms with Crippen LogP contribution < -0.4 is 11.1 Å². The molecule has 0 bridgehead atoms. The predicted molar refractivity (Wildman–Crippen MR) is 74.7 cm³/mol. The molecule has 2 aromatic rings. The van der Waals surface area contributed by atoms with Crippen molar-refractivity contribution in [2.24, 2.45) is 0 Å². The fourth-order valence-electron chi connectivity index (χ4n) is 1.87. The molecule has 0 aliphatic carbocycles. The third-order valence-electron chi connectivity index (χ3n) is 3.04. The van der Waals surface area contributed by atoms with Gasteiger partial charge in [0.05, 0.1) is 0 Å². The minimum absolute atomic E-state index is 0.279. The Hall–Kier alpha value is -2.36. The van der Waals surface area contributed by atoms with Gasteiger partial charge in [-0.15, -0.1) is 0 Å². The molecule has 0 aliphatic heterocycles. The van der Waals surface area contributed by atoms with Crippen LogP contribution in [0.4, 0.5) is 15.8 Å². The van der Waals surface area contributed by atoms with Crippen molar-refractivity contribution < 1.29 is 9.18 Å². The quantitative estimate of drug-likeness (QED) is 0.812. The summed E-state index contributed by atoms with van der Waals surface area (Å²) in [7, 11) is 0. The number of rotatable bonds is 2. The first kappa shape index (κ1) is 13.1. The van der Waals surface area contributed by atoms with E-state index in [0.29, 0.717) is 11.4 Å². The number of carbonyl (C=O) groups is 1. The van der Waals surface area contributed by atoms with Crippen molar-refractivity contribution in [3.63, 3.8) is 0 Å². The molecule has 0 atom stereocenters.